The lowest BCUT2D eigenvalue weighted by Gasteiger charge is -2.52. The van der Waals surface area contributed by atoms with Crippen LogP contribution in [0.4, 0.5) is 0 Å². The molecule has 0 radical (unpaired) electrons. The molecule has 0 saturated carbocycles. The molecule has 0 spiro atoms. The van der Waals surface area contributed by atoms with E-state index < -0.39 is 0 Å². The second kappa shape index (κ2) is 9.95. The fourth-order valence-electron chi connectivity index (χ4n) is 5.99. The van der Waals surface area contributed by atoms with E-state index in [1.165, 1.54) is 24.8 Å². The highest BCUT2D eigenvalue weighted by atomic mass is 32.1. The highest BCUT2D eigenvalue weighted by Gasteiger charge is 2.43. The Morgan fingerprint density at radius 1 is 1.39 bits per heavy atom. The zero-order valence-corrected chi connectivity index (χ0v) is 20.2. The van der Waals surface area contributed by atoms with Crippen LogP contribution in [0.1, 0.15) is 37.3 Å². The van der Waals surface area contributed by atoms with Gasteiger partial charge in [0.1, 0.15) is 5.75 Å². The molecule has 2 bridgehead atoms. The Hall–Kier alpha value is -2.22. The molecular weight excluding hydrogens is 430 g/mol. The van der Waals surface area contributed by atoms with Crippen LogP contribution in [0.5, 0.6) is 5.75 Å². The molecule has 5 heterocycles. The zero-order valence-electron chi connectivity index (χ0n) is 19.4. The van der Waals surface area contributed by atoms with Crippen molar-refractivity contribution in [3.05, 3.63) is 48.7 Å². The van der Waals surface area contributed by atoms with Gasteiger partial charge in [0.2, 0.25) is 0 Å². The number of ether oxygens (including phenoxy) is 1. The van der Waals surface area contributed by atoms with Crippen LogP contribution in [0, 0.1) is 11.8 Å². The van der Waals surface area contributed by atoms with E-state index in [1.54, 1.807) is 7.11 Å². The number of hydrogen-bond donors (Lipinski definition) is 3. The first-order valence-corrected chi connectivity index (χ1v) is 12.6. The van der Waals surface area contributed by atoms with Gasteiger partial charge >= 0.3 is 0 Å². The first-order valence-electron chi connectivity index (χ1n) is 12.2. The molecule has 4 saturated heterocycles. The van der Waals surface area contributed by atoms with Gasteiger partial charge in [0.05, 0.1) is 18.7 Å². The van der Waals surface area contributed by atoms with E-state index >= 15 is 0 Å². The molecule has 4 fully saturated rings. The topological polar surface area (TPSA) is 61.5 Å². The summed E-state index contributed by atoms with van der Waals surface area (Å²) in [6.07, 6.45) is 8.91. The van der Waals surface area contributed by atoms with Crippen LogP contribution in [0.3, 0.4) is 0 Å². The second-order valence-electron chi connectivity index (χ2n) is 9.65. The molecular formula is C26H35N5OS. The van der Waals surface area contributed by atoms with Crippen molar-refractivity contribution >= 4 is 28.2 Å². The lowest BCUT2D eigenvalue weighted by Crippen LogP contribution is -2.58. The van der Waals surface area contributed by atoms with Crippen LogP contribution >= 0.6 is 12.2 Å². The van der Waals surface area contributed by atoms with Crippen molar-refractivity contribution < 1.29 is 4.74 Å². The summed E-state index contributed by atoms with van der Waals surface area (Å²) < 4.78 is 5.54. The van der Waals surface area contributed by atoms with Gasteiger partial charge in [-0.25, -0.2) is 0 Å². The number of nitrogens with one attached hydrogen (secondary N) is 3. The molecule has 4 aliphatic heterocycles. The van der Waals surface area contributed by atoms with E-state index in [-0.39, 0.29) is 6.04 Å². The van der Waals surface area contributed by atoms with Gasteiger partial charge in [-0.15, -0.1) is 6.58 Å². The summed E-state index contributed by atoms with van der Waals surface area (Å²) in [5.74, 6) is 2.12. The van der Waals surface area contributed by atoms with E-state index in [2.05, 4.69) is 50.6 Å². The average Bonchev–Trinajstić information content (AvgIpc) is 3.39. The maximum absolute atomic E-state index is 5.81. The molecule has 1 aromatic heterocycles. The summed E-state index contributed by atoms with van der Waals surface area (Å²) in [4.78, 5) is 7.26. The van der Waals surface area contributed by atoms with Crippen molar-refractivity contribution in [2.24, 2.45) is 11.8 Å². The zero-order chi connectivity index (χ0) is 22.8. The van der Waals surface area contributed by atoms with E-state index in [0.29, 0.717) is 23.9 Å². The lowest BCUT2D eigenvalue weighted by molar-refractivity contribution is 0.00429. The second-order valence-corrected chi connectivity index (χ2v) is 10.1. The van der Waals surface area contributed by atoms with Gasteiger partial charge in [-0.2, -0.15) is 0 Å². The third-order valence-corrected chi connectivity index (χ3v) is 8.08. The third-order valence-electron chi connectivity index (χ3n) is 7.81. The van der Waals surface area contributed by atoms with E-state index in [0.717, 1.165) is 54.4 Å². The molecule has 3 N–H and O–H groups in total. The smallest absolute Gasteiger partial charge is 0.166 e. The SMILES string of the molecule is C=CC1CN2CC[C@@H]1CC2C(NC(=S)NCC1CCCN1)c1ccnc2ccc(OC)cc12. The number of fused-ring (bicyclic) bond motifs is 4. The number of thiocarbonyl (C=S) groups is 1. The summed E-state index contributed by atoms with van der Waals surface area (Å²) in [6.45, 7) is 8.27. The molecule has 7 heteroatoms. The fourth-order valence-corrected chi connectivity index (χ4v) is 6.20. The number of aromatic nitrogens is 1. The number of hydrogen-bond acceptors (Lipinski definition) is 5. The fraction of sp³-hybridized carbons (Fsp3) is 0.538. The van der Waals surface area contributed by atoms with Gasteiger partial charge in [0.25, 0.3) is 0 Å². The van der Waals surface area contributed by atoms with E-state index in [9.17, 15) is 0 Å². The minimum absolute atomic E-state index is 0.0766. The Morgan fingerprint density at radius 3 is 3.03 bits per heavy atom. The lowest BCUT2D eigenvalue weighted by atomic mass is 9.73. The van der Waals surface area contributed by atoms with Crippen LogP contribution in [0.25, 0.3) is 10.9 Å². The molecule has 0 amide bonds. The van der Waals surface area contributed by atoms with Gasteiger partial charge < -0.3 is 20.7 Å². The summed E-state index contributed by atoms with van der Waals surface area (Å²) in [5, 5.41) is 12.6. The van der Waals surface area contributed by atoms with Gasteiger partial charge in [0, 0.05) is 36.8 Å². The molecule has 6 nitrogen and oxygen atoms in total. The van der Waals surface area contributed by atoms with Crippen LogP contribution in [0.2, 0.25) is 0 Å². The molecule has 2 aromatic rings. The van der Waals surface area contributed by atoms with Gasteiger partial charge in [-0.05, 0) is 92.7 Å². The quantitative estimate of drug-likeness (QED) is 0.428. The maximum atomic E-state index is 5.81. The number of benzene rings is 1. The van der Waals surface area contributed by atoms with E-state index in [4.69, 9.17) is 17.0 Å². The molecule has 5 unspecified atom stereocenters. The minimum Gasteiger partial charge on any atom is -0.497 e. The number of nitrogens with zero attached hydrogens (tertiary/aromatic N) is 2. The van der Waals surface area contributed by atoms with Crippen LogP contribution in [-0.2, 0) is 0 Å². The molecule has 0 aliphatic carbocycles. The van der Waals surface area contributed by atoms with Crippen LogP contribution in [-0.4, -0.2) is 60.4 Å². The molecule has 6 rings (SSSR count). The largest absolute Gasteiger partial charge is 0.497 e. The number of pyridine rings is 1. The first-order chi connectivity index (χ1) is 16.2. The Kier molecular flexibility index (Phi) is 6.81. The minimum atomic E-state index is 0.0766. The van der Waals surface area contributed by atoms with Crippen molar-refractivity contribution in [2.45, 2.75) is 43.8 Å². The van der Waals surface area contributed by atoms with Crippen molar-refractivity contribution in [1.82, 2.24) is 25.8 Å². The highest BCUT2D eigenvalue weighted by Crippen LogP contribution is 2.42. The Bertz CT molecular complexity index is 1010. The van der Waals surface area contributed by atoms with Crippen LogP contribution < -0.4 is 20.7 Å². The Morgan fingerprint density at radius 2 is 2.30 bits per heavy atom. The predicted octanol–water partition coefficient (Wildman–Crippen LogP) is 3.40. The van der Waals surface area contributed by atoms with Crippen molar-refractivity contribution in [3.8, 4) is 5.75 Å². The number of rotatable bonds is 7. The molecule has 6 atom stereocenters. The Labute approximate surface area is 202 Å². The molecule has 176 valence electrons. The first kappa shape index (κ1) is 22.6. The number of piperidine rings is 3. The standard InChI is InChI=1S/C26H35N5OS/c1-3-17-16-31-12-9-18(17)13-24(31)25(30-26(33)29-15-19-5-4-10-27-19)21-8-11-28-23-7-6-20(32-2)14-22(21)23/h3,6-8,11,14,17-19,24-25,27H,1,4-5,9-10,12-13,15-16H2,2H3,(H2,29,30,33)/t17?,18-,19?,24?,25?/m1/s1. The van der Waals surface area contributed by atoms with Crippen molar-refractivity contribution in [1.29, 1.82) is 0 Å². The summed E-state index contributed by atoms with van der Waals surface area (Å²) in [7, 11) is 1.71. The predicted molar refractivity (Wildman–Crippen MR) is 138 cm³/mol. The molecule has 1 aromatic carbocycles. The summed E-state index contributed by atoms with van der Waals surface area (Å²) in [6, 6.07) is 9.22. The third kappa shape index (κ3) is 4.72. The number of methoxy groups -OCH3 is 1. The molecule has 33 heavy (non-hydrogen) atoms. The Balaban J connectivity index is 1.45. The van der Waals surface area contributed by atoms with Gasteiger partial charge in [-0.3, -0.25) is 9.88 Å². The van der Waals surface area contributed by atoms with Crippen molar-refractivity contribution in [2.75, 3.05) is 33.3 Å². The summed E-state index contributed by atoms with van der Waals surface area (Å²) >= 11 is 5.81. The van der Waals surface area contributed by atoms with E-state index in [1.807, 2.05) is 18.3 Å². The normalized spacial score (nSPS) is 29.5. The highest BCUT2D eigenvalue weighted by molar-refractivity contribution is 7.80. The summed E-state index contributed by atoms with van der Waals surface area (Å²) in [5.41, 5.74) is 2.21. The average molecular weight is 466 g/mol. The van der Waals surface area contributed by atoms with Crippen LogP contribution in [0.15, 0.2) is 43.1 Å². The molecule has 4 aliphatic rings. The maximum Gasteiger partial charge on any atom is 0.166 e. The monoisotopic (exact) mass is 465 g/mol. The van der Waals surface area contributed by atoms with Gasteiger partial charge in [-0.1, -0.05) is 6.08 Å². The van der Waals surface area contributed by atoms with Gasteiger partial charge in [0.15, 0.2) is 5.11 Å². The van der Waals surface area contributed by atoms with Crippen molar-refractivity contribution in [3.63, 3.8) is 0 Å².